The van der Waals surface area contributed by atoms with Gasteiger partial charge in [-0.05, 0) is 64.1 Å². The summed E-state index contributed by atoms with van der Waals surface area (Å²) in [5.41, 5.74) is 4.32. The van der Waals surface area contributed by atoms with Gasteiger partial charge in [0.25, 0.3) is 0 Å². The predicted octanol–water partition coefficient (Wildman–Crippen LogP) is 3.86. The minimum absolute atomic E-state index is 0.659. The van der Waals surface area contributed by atoms with Gasteiger partial charge in [0.05, 0.1) is 11.7 Å². The van der Waals surface area contributed by atoms with Gasteiger partial charge in [-0.1, -0.05) is 25.7 Å². The minimum Gasteiger partial charge on any atom is -0.317 e. The smallest absolute Gasteiger partial charge is 0.0631 e. The van der Waals surface area contributed by atoms with Gasteiger partial charge in [-0.3, -0.25) is 4.68 Å². The summed E-state index contributed by atoms with van der Waals surface area (Å²) in [6, 6.07) is 0.659. The quantitative estimate of drug-likeness (QED) is 0.831. The van der Waals surface area contributed by atoms with Crippen molar-refractivity contribution in [1.29, 1.82) is 0 Å². The molecule has 0 atom stereocenters. The molecular formula is C17H29N3. The predicted molar refractivity (Wildman–Crippen MR) is 83.3 cm³/mol. The molecule has 0 bridgehead atoms. The Labute approximate surface area is 123 Å². The van der Waals surface area contributed by atoms with E-state index in [1.807, 2.05) is 0 Å². The second-order valence-corrected chi connectivity index (χ2v) is 6.70. The van der Waals surface area contributed by atoms with E-state index in [9.17, 15) is 0 Å². The lowest BCUT2D eigenvalue weighted by molar-refractivity contribution is 0.395. The highest BCUT2D eigenvalue weighted by molar-refractivity contribution is 5.29. The van der Waals surface area contributed by atoms with Gasteiger partial charge in [0.1, 0.15) is 0 Å². The summed E-state index contributed by atoms with van der Waals surface area (Å²) in [7, 11) is 0. The number of hydrogen-bond donors (Lipinski definition) is 1. The van der Waals surface area contributed by atoms with E-state index in [2.05, 4.69) is 23.8 Å². The van der Waals surface area contributed by atoms with Crippen LogP contribution in [0.15, 0.2) is 0 Å². The molecule has 1 aromatic heterocycles. The van der Waals surface area contributed by atoms with Gasteiger partial charge in [0.15, 0.2) is 0 Å². The molecule has 0 spiro atoms. The number of nitrogens with one attached hydrogen (secondary N) is 1. The molecular weight excluding hydrogens is 246 g/mol. The molecule has 2 fully saturated rings. The Kier molecular flexibility index (Phi) is 4.45. The van der Waals surface area contributed by atoms with Gasteiger partial charge in [0.2, 0.25) is 0 Å². The topological polar surface area (TPSA) is 29.9 Å². The van der Waals surface area contributed by atoms with Crippen molar-refractivity contribution in [2.75, 3.05) is 13.1 Å². The highest BCUT2D eigenvalue weighted by Crippen LogP contribution is 2.34. The van der Waals surface area contributed by atoms with E-state index in [1.54, 1.807) is 5.56 Å². The normalized spacial score (nSPS) is 22.9. The number of piperidine rings is 1. The second-order valence-electron chi connectivity index (χ2n) is 6.70. The lowest BCUT2D eigenvalue weighted by atomic mass is 9.89. The molecule has 3 heteroatoms. The van der Waals surface area contributed by atoms with E-state index in [1.165, 1.54) is 62.8 Å². The van der Waals surface area contributed by atoms with Gasteiger partial charge in [-0.15, -0.1) is 0 Å². The zero-order chi connectivity index (χ0) is 13.9. The van der Waals surface area contributed by atoms with Crippen LogP contribution in [-0.4, -0.2) is 22.9 Å². The molecule has 0 unspecified atom stereocenters. The van der Waals surface area contributed by atoms with Crippen LogP contribution in [0, 0.1) is 13.8 Å². The van der Waals surface area contributed by atoms with Crippen molar-refractivity contribution in [3.05, 3.63) is 17.0 Å². The zero-order valence-electron chi connectivity index (χ0n) is 13.1. The first-order valence-electron chi connectivity index (χ1n) is 8.53. The van der Waals surface area contributed by atoms with Crippen LogP contribution in [0.5, 0.6) is 0 Å². The Morgan fingerprint density at radius 1 is 0.950 bits per heavy atom. The van der Waals surface area contributed by atoms with Crippen LogP contribution in [0.4, 0.5) is 0 Å². The summed E-state index contributed by atoms with van der Waals surface area (Å²) < 4.78 is 2.39. The van der Waals surface area contributed by atoms with Crippen LogP contribution >= 0.6 is 0 Å². The average Bonchev–Trinajstić information content (AvgIpc) is 2.67. The monoisotopic (exact) mass is 275 g/mol. The van der Waals surface area contributed by atoms with E-state index in [4.69, 9.17) is 5.10 Å². The molecule has 1 aliphatic carbocycles. The van der Waals surface area contributed by atoms with Crippen molar-refractivity contribution in [2.24, 2.45) is 0 Å². The molecule has 3 rings (SSSR count). The highest BCUT2D eigenvalue weighted by atomic mass is 15.3. The van der Waals surface area contributed by atoms with Crippen LogP contribution < -0.4 is 5.32 Å². The second kappa shape index (κ2) is 6.30. The molecule has 1 saturated carbocycles. The Morgan fingerprint density at radius 2 is 1.60 bits per heavy atom. The zero-order valence-corrected chi connectivity index (χ0v) is 13.1. The molecule has 112 valence electrons. The number of aromatic nitrogens is 2. The molecule has 2 aliphatic rings. The fourth-order valence-corrected chi connectivity index (χ4v) is 4.24. The molecule has 2 heterocycles. The Bertz CT molecular complexity index is 435. The van der Waals surface area contributed by atoms with Crippen molar-refractivity contribution in [1.82, 2.24) is 15.1 Å². The van der Waals surface area contributed by atoms with Crippen LogP contribution in [0.3, 0.4) is 0 Å². The maximum atomic E-state index is 4.95. The van der Waals surface area contributed by atoms with Crippen molar-refractivity contribution in [3.8, 4) is 0 Å². The summed E-state index contributed by atoms with van der Waals surface area (Å²) in [5.74, 6) is 0.732. The van der Waals surface area contributed by atoms with Crippen molar-refractivity contribution >= 4 is 0 Å². The Balaban J connectivity index is 1.85. The third-order valence-corrected chi connectivity index (χ3v) is 5.30. The van der Waals surface area contributed by atoms with Gasteiger partial charge in [-0.2, -0.15) is 5.10 Å². The maximum Gasteiger partial charge on any atom is 0.0631 e. The third kappa shape index (κ3) is 2.78. The van der Waals surface area contributed by atoms with Crippen LogP contribution in [0.2, 0.25) is 0 Å². The van der Waals surface area contributed by atoms with Crippen LogP contribution in [-0.2, 0) is 0 Å². The fraction of sp³-hybridized carbons (Fsp3) is 0.824. The molecule has 0 radical (unpaired) electrons. The number of nitrogens with zero attached hydrogens (tertiary/aromatic N) is 2. The largest absolute Gasteiger partial charge is 0.317 e. The van der Waals surface area contributed by atoms with Crippen LogP contribution in [0.1, 0.15) is 80.3 Å². The summed E-state index contributed by atoms with van der Waals surface area (Å²) >= 11 is 0. The SMILES string of the molecule is Cc1nn(C2CCCCCC2)c(C)c1C1CCNCC1. The molecule has 1 saturated heterocycles. The van der Waals surface area contributed by atoms with Crippen molar-refractivity contribution in [3.63, 3.8) is 0 Å². The van der Waals surface area contributed by atoms with Gasteiger partial charge < -0.3 is 5.32 Å². The molecule has 3 nitrogen and oxygen atoms in total. The summed E-state index contributed by atoms with van der Waals surface area (Å²) in [4.78, 5) is 0. The van der Waals surface area contributed by atoms with E-state index in [0.717, 1.165) is 19.0 Å². The number of hydrogen-bond acceptors (Lipinski definition) is 2. The standard InChI is InChI=1S/C17H29N3/c1-13-17(15-9-11-18-12-10-15)14(2)20(19-13)16-7-5-3-4-6-8-16/h15-16,18H,3-12H2,1-2H3. The molecule has 1 N–H and O–H groups in total. The lowest BCUT2D eigenvalue weighted by Crippen LogP contribution is -2.27. The van der Waals surface area contributed by atoms with E-state index in [-0.39, 0.29) is 0 Å². The van der Waals surface area contributed by atoms with E-state index < -0.39 is 0 Å². The first-order valence-corrected chi connectivity index (χ1v) is 8.53. The average molecular weight is 275 g/mol. The van der Waals surface area contributed by atoms with Crippen molar-refractivity contribution < 1.29 is 0 Å². The first-order chi connectivity index (χ1) is 9.77. The maximum absolute atomic E-state index is 4.95. The van der Waals surface area contributed by atoms with Crippen LogP contribution in [0.25, 0.3) is 0 Å². The first kappa shape index (κ1) is 14.1. The molecule has 1 aromatic rings. The van der Waals surface area contributed by atoms with Crippen molar-refractivity contribution in [2.45, 2.75) is 77.2 Å². The molecule has 0 amide bonds. The summed E-state index contributed by atoms with van der Waals surface area (Å²) in [6.45, 7) is 6.86. The van der Waals surface area contributed by atoms with Gasteiger partial charge in [0, 0.05) is 5.69 Å². The molecule has 0 aromatic carbocycles. The Hall–Kier alpha value is -0.830. The van der Waals surface area contributed by atoms with E-state index in [0.29, 0.717) is 6.04 Å². The van der Waals surface area contributed by atoms with Gasteiger partial charge >= 0.3 is 0 Å². The number of aryl methyl sites for hydroxylation is 1. The van der Waals surface area contributed by atoms with E-state index >= 15 is 0 Å². The molecule has 20 heavy (non-hydrogen) atoms. The van der Waals surface area contributed by atoms with Gasteiger partial charge in [-0.25, -0.2) is 0 Å². The molecule has 1 aliphatic heterocycles. The highest BCUT2D eigenvalue weighted by Gasteiger charge is 2.25. The third-order valence-electron chi connectivity index (χ3n) is 5.30. The minimum atomic E-state index is 0.659. The summed E-state index contributed by atoms with van der Waals surface area (Å²) in [5, 5.41) is 8.42. The lowest BCUT2D eigenvalue weighted by Gasteiger charge is -2.24. The number of rotatable bonds is 2. The Morgan fingerprint density at radius 3 is 2.25 bits per heavy atom. The fourth-order valence-electron chi connectivity index (χ4n) is 4.24. The summed E-state index contributed by atoms with van der Waals surface area (Å²) in [6.07, 6.45) is 10.8.